The summed E-state index contributed by atoms with van der Waals surface area (Å²) in [5, 5.41) is 12.0. The van der Waals surface area contributed by atoms with Gasteiger partial charge in [0.2, 0.25) is 0 Å². The van der Waals surface area contributed by atoms with Crippen molar-refractivity contribution >= 4 is 28.2 Å². The molecular weight excluding hydrogens is 498 g/mol. The van der Waals surface area contributed by atoms with Crippen molar-refractivity contribution in [1.29, 1.82) is 0 Å². The summed E-state index contributed by atoms with van der Waals surface area (Å²) in [6.07, 6.45) is 2.80. The van der Waals surface area contributed by atoms with Crippen LogP contribution in [0.4, 0.5) is 0 Å². The van der Waals surface area contributed by atoms with E-state index in [9.17, 15) is 5.11 Å². The largest absolute Gasteiger partial charge is 0.501 e. The van der Waals surface area contributed by atoms with Gasteiger partial charge in [-0.1, -0.05) is 104 Å². The molecule has 1 aromatic heterocycles. The number of hydrogen-bond acceptors (Lipinski definition) is 3. The maximum Gasteiger partial charge on any atom is 0.165 e. The molecule has 5 aromatic rings. The molecule has 39 heavy (non-hydrogen) atoms. The predicted octanol–water partition coefficient (Wildman–Crippen LogP) is 8.76. The van der Waals surface area contributed by atoms with Gasteiger partial charge in [0.05, 0.1) is 17.1 Å². The van der Waals surface area contributed by atoms with Gasteiger partial charge in [-0.15, -0.1) is 0 Å². The summed E-state index contributed by atoms with van der Waals surface area (Å²) in [5.41, 5.74) is 4.91. The van der Waals surface area contributed by atoms with Crippen LogP contribution in [-0.4, -0.2) is 15.1 Å². The molecule has 3 nitrogen and oxygen atoms in total. The van der Waals surface area contributed by atoms with Gasteiger partial charge in [-0.3, -0.25) is 0 Å². The molecule has 4 aromatic carbocycles. The Kier molecular flexibility index (Phi) is 8.33. The van der Waals surface area contributed by atoms with E-state index in [0.29, 0.717) is 6.61 Å². The van der Waals surface area contributed by atoms with Crippen LogP contribution in [0.15, 0.2) is 121 Å². The fourth-order valence-corrected chi connectivity index (χ4v) is 5.86. The Hall–Kier alpha value is -4.02. The third-order valence-corrected chi connectivity index (χ3v) is 7.81. The van der Waals surface area contributed by atoms with Crippen LogP contribution in [0.3, 0.4) is 0 Å². The van der Waals surface area contributed by atoms with Crippen LogP contribution in [0.25, 0.3) is 10.9 Å². The number of aliphatic hydroxyl groups excluding tert-OH is 1. The maximum absolute atomic E-state index is 10.8. The van der Waals surface area contributed by atoms with Gasteiger partial charge in [0, 0.05) is 10.8 Å². The zero-order valence-electron chi connectivity index (χ0n) is 22.2. The number of fused-ring (bicyclic) bond motifs is 1. The minimum Gasteiger partial charge on any atom is -0.501 e. The van der Waals surface area contributed by atoms with Crippen LogP contribution < -0.4 is 4.74 Å². The minimum absolute atomic E-state index is 0.0196. The van der Waals surface area contributed by atoms with E-state index in [1.807, 2.05) is 60.7 Å². The number of aromatic nitrogens is 1. The molecule has 0 aliphatic rings. The quantitative estimate of drug-likeness (QED) is 0.173. The fraction of sp³-hybridized carbons (Fsp3) is 0.200. The third-order valence-electron chi connectivity index (χ3n) is 7.58. The number of aryl methyl sites for hydroxylation is 1. The molecule has 0 radical (unpaired) electrons. The highest BCUT2D eigenvalue weighted by molar-refractivity contribution is 7.80. The van der Waals surface area contributed by atoms with E-state index in [1.165, 1.54) is 5.56 Å². The Balaban J connectivity index is 1.37. The standard InChI is InChI=1S/C35H33NO2S/c1-35(24-10-13-26-11-4-2-5-12-26,33(34(37)39)28-15-6-3-7-16-28)29-19-22-31(23-20-29)38-25-30-21-18-27-14-8-9-17-32(27)36-30/h2-9,11-12,14-23,33H,10,13,24-25H2,1H3,(H,37,39). The Labute approximate surface area is 236 Å². The van der Waals surface area contributed by atoms with Crippen molar-refractivity contribution in [1.82, 2.24) is 4.98 Å². The van der Waals surface area contributed by atoms with Crippen molar-refractivity contribution in [2.75, 3.05) is 0 Å². The summed E-state index contributed by atoms with van der Waals surface area (Å²) < 4.78 is 6.10. The van der Waals surface area contributed by atoms with Crippen molar-refractivity contribution in [2.24, 2.45) is 0 Å². The molecule has 1 N–H and O–H groups in total. The van der Waals surface area contributed by atoms with Crippen LogP contribution in [0, 0.1) is 0 Å². The number of thiocarbonyl (C=S) groups is 1. The number of ether oxygens (including phenoxy) is 1. The van der Waals surface area contributed by atoms with Crippen molar-refractivity contribution in [3.63, 3.8) is 0 Å². The highest BCUT2D eigenvalue weighted by Crippen LogP contribution is 2.44. The molecule has 196 valence electrons. The van der Waals surface area contributed by atoms with Crippen molar-refractivity contribution < 1.29 is 9.84 Å². The van der Waals surface area contributed by atoms with Gasteiger partial charge in [0.25, 0.3) is 0 Å². The first kappa shape index (κ1) is 26.6. The average Bonchev–Trinajstić information content (AvgIpc) is 2.97. The summed E-state index contributed by atoms with van der Waals surface area (Å²) >= 11 is 5.47. The van der Waals surface area contributed by atoms with Crippen molar-refractivity contribution in [3.05, 3.63) is 144 Å². The third kappa shape index (κ3) is 6.35. The van der Waals surface area contributed by atoms with Gasteiger partial charge in [-0.05, 0) is 72.4 Å². The Morgan fingerprint density at radius 3 is 2.21 bits per heavy atom. The fourth-order valence-electron chi connectivity index (χ4n) is 5.47. The molecule has 4 heteroatoms. The molecule has 0 saturated heterocycles. The van der Waals surface area contributed by atoms with Gasteiger partial charge in [0.1, 0.15) is 12.4 Å². The molecular formula is C35H33NO2S. The predicted molar refractivity (Wildman–Crippen MR) is 164 cm³/mol. The number of para-hydroxylation sites is 1. The second-order valence-corrected chi connectivity index (χ2v) is 10.7. The second-order valence-electron chi connectivity index (χ2n) is 10.2. The molecule has 0 aliphatic heterocycles. The van der Waals surface area contributed by atoms with Crippen LogP contribution in [0.2, 0.25) is 0 Å². The first-order valence-corrected chi connectivity index (χ1v) is 13.8. The molecule has 1 heterocycles. The molecule has 2 unspecified atom stereocenters. The summed E-state index contributed by atoms with van der Waals surface area (Å²) in [6, 6.07) is 41.0. The molecule has 0 aliphatic carbocycles. The summed E-state index contributed by atoms with van der Waals surface area (Å²) in [4.78, 5) is 4.71. The van der Waals surface area contributed by atoms with Crippen LogP contribution in [0.5, 0.6) is 5.75 Å². The lowest BCUT2D eigenvalue weighted by Gasteiger charge is -2.38. The molecule has 0 saturated carbocycles. The Bertz CT molecular complexity index is 1520. The number of benzene rings is 4. The highest BCUT2D eigenvalue weighted by Gasteiger charge is 2.39. The van der Waals surface area contributed by atoms with E-state index < -0.39 is 5.41 Å². The highest BCUT2D eigenvalue weighted by atomic mass is 32.1. The molecule has 0 bridgehead atoms. The van der Waals surface area contributed by atoms with Crippen LogP contribution in [0.1, 0.15) is 48.1 Å². The summed E-state index contributed by atoms with van der Waals surface area (Å²) in [5.74, 6) is 0.473. The Morgan fingerprint density at radius 1 is 0.821 bits per heavy atom. The lowest BCUT2D eigenvalue weighted by Crippen LogP contribution is -2.35. The van der Waals surface area contributed by atoms with Gasteiger partial charge < -0.3 is 9.84 Å². The monoisotopic (exact) mass is 531 g/mol. The number of hydrogen-bond donors (Lipinski definition) is 1. The summed E-state index contributed by atoms with van der Waals surface area (Å²) in [7, 11) is 0. The SMILES string of the molecule is CC(CCCc1ccccc1)(c1ccc(OCc2ccc3ccccc3n2)cc1)C(C(O)=S)c1ccccc1. The van der Waals surface area contributed by atoms with E-state index in [0.717, 1.165) is 52.7 Å². The lowest BCUT2D eigenvalue weighted by atomic mass is 9.66. The van der Waals surface area contributed by atoms with Crippen molar-refractivity contribution in [2.45, 2.75) is 44.1 Å². The molecule has 2 atom stereocenters. The summed E-state index contributed by atoms with van der Waals surface area (Å²) in [6.45, 7) is 2.61. The van der Waals surface area contributed by atoms with Gasteiger partial charge in [-0.25, -0.2) is 4.98 Å². The molecule has 0 fully saturated rings. The van der Waals surface area contributed by atoms with E-state index in [4.69, 9.17) is 21.9 Å². The smallest absolute Gasteiger partial charge is 0.165 e. The van der Waals surface area contributed by atoms with E-state index in [1.54, 1.807) is 0 Å². The maximum atomic E-state index is 10.8. The molecule has 0 amide bonds. The van der Waals surface area contributed by atoms with Gasteiger partial charge >= 0.3 is 0 Å². The zero-order chi connectivity index (χ0) is 27.1. The lowest BCUT2D eigenvalue weighted by molar-refractivity contribution is 0.301. The second kappa shape index (κ2) is 12.2. The first-order valence-electron chi connectivity index (χ1n) is 13.4. The normalized spacial score (nSPS) is 13.5. The minimum atomic E-state index is -0.402. The van der Waals surface area contributed by atoms with Crippen molar-refractivity contribution in [3.8, 4) is 5.75 Å². The van der Waals surface area contributed by atoms with Crippen LogP contribution in [-0.2, 0) is 18.4 Å². The number of pyridine rings is 1. The number of nitrogens with zero attached hydrogens (tertiary/aromatic N) is 1. The topological polar surface area (TPSA) is 42.4 Å². The van der Waals surface area contributed by atoms with Crippen LogP contribution >= 0.6 is 12.2 Å². The first-order chi connectivity index (χ1) is 19.0. The Morgan fingerprint density at radius 2 is 1.49 bits per heavy atom. The molecule has 5 rings (SSSR count). The number of aliphatic hydroxyl groups is 1. The van der Waals surface area contributed by atoms with E-state index in [2.05, 4.69) is 67.6 Å². The molecule has 0 spiro atoms. The average molecular weight is 532 g/mol. The zero-order valence-corrected chi connectivity index (χ0v) is 23.0. The van der Waals surface area contributed by atoms with E-state index >= 15 is 0 Å². The van der Waals surface area contributed by atoms with Gasteiger partial charge in [0.15, 0.2) is 5.05 Å². The van der Waals surface area contributed by atoms with Gasteiger partial charge in [-0.2, -0.15) is 0 Å². The van der Waals surface area contributed by atoms with E-state index in [-0.39, 0.29) is 11.0 Å². The number of rotatable bonds is 11.